The minimum atomic E-state index is -0.0254. The topological polar surface area (TPSA) is 65.1 Å². The second-order valence-corrected chi connectivity index (χ2v) is 6.78. The third kappa shape index (κ3) is 4.42. The number of nitrogens with zero attached hydrogens (tertiary/aromatic N) is 2. The summed E-state index contributed by atoms with van der Waals surface area (Å²) in [6.45, 7) is 11.2. The Bertz CT molecular complexity index is 453. The molecule has 0 amide bonds. The number of rotatable bonds is 7. The highest BCUT2D eigenvalue weighted by molar-refractivity contribution is 6.31. The number of hydrogen-bond donors (Lipinski definition) is 2. The van der Waals surface area contributed by atoms with Gasteiger partial charge in [0.05, 0.1) is 28.6 Å². The second kappa shape index (κ2) is 7.58. The standard InChI is InChI=1S/C15H29ClN4O/c1-7-10-13(16)12(20(6)19-10)9-11(18-17)14(21-8-2)15(3,4)5/h11,14,18H,7-9,17H2,1-6H3. The summed E-state index contributed by atoms with van der Waals surface area (Å²) in [5, 5.41) is 5.20. The first-order valence-corrected chi connectivity index (χ1v) is 7.91. The van der Waals surface area contributed by atoms with Crippen molar-refractivity contribution in [3.8, 4) is 0 Å². The first-order valence-electron chi connectivity index (χ1n) is 7.54. The SMILES string of the molecule is CCOC(C(Cc1c(Cl)c(CC)nn1C)NN)C(C)(C)C. The molecule has 5 nitrogen and oxygen atoms in total. The van der Waals surface area contributed by atoms with Gasteiger partial charge in [0.25, 0.3) is 0 Å². The van der Waals surface area contributed by atoms with Crippen molar-refractivity contribution >= 4 is 11.6 Å². The van der Waals surface area contributed by atoms with Crippen molar-refractivity contribution in [3.05, 3.63) is 16.4 Å². The van der Waals surface area contributed by atoms with Gasteiger partial charge in [-0.25, -0.2) is 0 Å². The fourth-order valence-corrected chi connectivity index (χ4v) is 3.02. The minimum absolute atomic E-state index is 0.0106. The lowest BCUT2D eigenvalue weighted by Crippen LogP contribution is -2.52. The lowest BCUT2D eigenvalue weighted by atomic mass is 9.83. The Morgan fingerprint density at radius 3 is 2.38 bits per heavy atom. The van der Waals surface area contributed by atoms with E-state index >= 15 is 0 Å². The van der Waals surface area contributed by atoms with Gasteiger partial charge in [-0.05, 0) is 18.8 Å². The van der Waals surface area contributed by atoms with Crippen molar-refractivity contribution in [1.82, 2.24) is 15.2 Å². The number of aryl methyl sites for hydroxylation is 2. The smallest absolute Gasteiger partial charge is 0.0850 e. The van der Waals surface area contributed by atoms with Gasteiger partial charge in [-0.3, -0.25) is 16.0 Å². The van der Waals surface area contributed by atoms with Gasteiger partial charge < -0.3 is 4.74 Å². The summed E-state index contributed by atoms with van der Waals surface area (Å²) >= 11 is 6.43. The van der Waals surface area contributed by atoms with Gasteiger partial charge in [0.1, 0.15) is 0 Å². The highest BCUT2D eigenvalue weighted by Gasteiger charge is 2.33. The zero-order valence-corrected chi connectivity index (χ0v) is 14.8. The van der Waals surface area contributed by atoms with Gasteiger partial charge in [-0.15, -0.1) is 0 Å². The molecule has 0 spiro atoms. The molecule has 6 heteroatoms. The molecule has 0 fully saturated rings. The molecule has 1 heterocycles. The molecule has 122 valence electrons. The van der Waals surface area contributed by atoms with Gasteiger partial charge >= 0.3 is 0 Å². The maximum Gasteiger partial charge on any atom is 0.0850 e. The molecule has 0 aliphatic rings. The fourth-order valence-electron chi connectivity index (χ4n) is 2.65. The largest absolute Gasteiger partial charge is 0.376 e. The van der Waals surface area contributed by atoms with Gasteiger partial charge in [-0.2, -0.15) is 5.10 Å². The Balaban J connectivity index is 3.03. The van der Waals surface area contributed by atoms with Gasteiger partial charge in [0.2, 0.25) is 0 Å². The molecule has 3 N–H and O–H groups in total. The lowest BCUT2D eigenvalue weighted by Gasteiger charge is -2.36. The van der Waals surface area contributed by atoms with E-state index in [-0.39, 0.29) is 17.6 Å². The van der Waals surface area contributed by atoms with Crippen molar-refractivity contribution in [1.29, 1.82) is 0 Å². The Labute approximate surface area is 133 Å². The lowest BCUT2D eigenvalue weighted by molar-refractivity contribution is -0.0359. The van der Waals surface area contributed by atoms with E-state index in [4.69, 9.17) is 22.2 Å². The van der Waals surface area contributed by atoms with E-state index < -0.39 is 0 Å². The molecule has 0 aliphatic carbocycles. The summed E-state index contributed by atoms with van der Waals surface area (Å²) in [6.07, 6.45) is 1.49. The van der Waals surface area contributed by atoms with Crippen LogP contribution in [-0.2, 0) is 24.6 Å². The second-order valence-electron chi connectivity index (χ2n) is 6.40. The number of ether oxygens (including phenoxy) is 1. The molecule has 0 saturated heterocycles. The molecule has 0 bridgehead atoms. The monoisotopic (exact) mass is 316 g/mol. The molecule has 2 atom stereocenters. The van der Waals surface area contributed by atoms with Crippen LogP contribution in [0.4, 0.5) is 0 Å². The molecule has 21 heavy (non-hydrogen) atoms. The van der Waals surface area contributed by atoms with Crippen LogP contribution in [0, 0.1) is 5.41 Å². The molecule has 0 radical (unpaired) electrons. The van der Waals surface area contributed by atoms with Gasteiger partial charge in [0.15, 0.2) is 0 Å². The zero-order valence-electron chi connectivity index (χ0n) is 14.0. The number of nitrogens with two attached hydrogens (primary N) is 1. The Kier molecular flexibility index (Phi) is 6.66. The molecule has 2 unspecified atom stereocenters. The number of halogens is 1. The molecular formula is C15H29ClN4O. The van der Waals surface area contributed by atoms with Crippen LogP contribution < -0.4 is 11.3 Å². The molecule has 1 rings (SSSR count). The molecule has 1 aromatic rings. The Morgan fingerprint density at radius 1 is 1.38 bits per heavy atom. The van der Waals surface area contributed by atoms with Crippen LogP contribution in [0.15, 0.2) is 0 Å². The first kappa shape index (κ1) is 18.4. The molecule has 0 aliphatic heterocycles. The van der Waals surface area contributed by atoms with E-state index in [2.05, 4.69) is 38.2 Å². The third-order valence-corrected chi connectivity index (χ3v) is 4.13. The first-order chi connectivity index (χ1) is 9.76. The van der Waals surface area contributed by atoms with E-state index in [1.165, 1.54) is 0 Å². The third-order valence-electron chi connectivity index (χ3n) is 3.70. The van der Waals surface area contributed by atoms with Gasteiger partial charge in [-0.1, -0.05) is 39.3 Å². The number of aromatic nitrogens is 2. The number of hydrazine groups is 1. The van der Waals surface area contributed by atoms with Crippen LogP contribution in [0.1, 0.15) is 46.0 Å². The van der Waals surface area contributed by atoms with Crippen LogP contribution in [0.3, 0.4) is 0 Å². The van der Waals surface area contributed by atoms with Crippen molar-refractivity contribution < 1.29 is 4.74 Å². The van der Waals surface area contributed by atoms with E-state index in [1.807, 2.05) is 18.7 Å². The Hall–Kier alpha value is -0.620. The van der Waals surface area contributed by atoms with E-state index in [9.17, 15) is 0 Å². The summed E-state index contributed by atoms with van der Waals surface area (Å²) in [6, 6.07) is -0.0254. The van der Waals surface area contributed by atoms with Crippen molar-refractivity contribution in [2.24, 2.45) is 18.3 Å². The van der Waals surface area contributed by atoms with Crippen molar-refractivity contribution in [3.63, 3.8) is 0 Å². The average molecular weight is 317 g/mol. The molecular weight excluding hydrogens is 288 g/mol. The Morgan fingerprint density at radius 2 is 2.00 bits per heavy atom. The number of hydrogen-bond acceptors (Lipinski definition) is 4. The van der Waals surface area contributed by atoms with E-state index in [0.717, 1.165) is 22.8 Å². The maximum atomic E-state index is 6.43. The van der Waals surface area contributed by atoms with Crippen LogP contribution in [0.25, 0.3) is 0 Å². The number of nitrogens with one attached hydrogen (secondary N) is 1. The summed E-state index contributed by atoms with van der Waals surface area (Å²) in [5.41, 5.74) is 4.79. The summed E-state index contributed by atoms with van der Waals surface area (Å²) in [4.78, 5) is 0. The molecule has 1 aromatic heterocycles. The average Bonchev–Trinajstić information content (AvgIpc) is 2.68. The van der Waals surface area contributed by atoms with Crippen LogP contribution in [0.5, 0.6) is 0 Å². The molecule has 0 saturated carbocycles. The quantitative estimate of drug-likeness (QED) is 0.599. The zero-order chi connectivity index (χ0) is 16.2. The van der Waals surface area contributed by atoms with Crippen LogP contribution in [-0.4, -0.2) is 28.5 Å². The minimum Gasteiger partial charge on any atom is -0.376 e. The molecule has 0 aromatic carbocycles. The summed E-state index contributed by atoms with van der Waals surface area (Å²) in [5.74, 6) is 5.79. The predicted molar refractivity (Wildman–Crippen MR) is 87.3 cm³/mol. The van der Waals surface area contributed by atoms with Crippen molar-refractivity contribution in [2.75, 3.05) is 6.61 Å². The fraction of sp³-hybridized carbons (Fsp3) is 0.800. The predicted octanol–water partition coefficient (Wildman–Crippen LogP) is 2.46. The van der Waals surface area contributed by atoms with E-state index in [0.29, 0.717) is 13.0 Å². The summed E-state index contributed by atoms with van der Waals surface area (Å²) in [7, 11) is 1.92. The van der Waals surface area contributed by atoms with Crippen LogP contribution in [0.2, 0.25) is 5.02 Å². The maximum absolute atomic E-state index is 6.43. The highest BCUT2D eigenvalue weighted by Crippen LogP contribution is 2.29. The van der Waals surface area contributed by atoms with Gasteiger partial charge in [0, 0.05) is 20.1 Å². The van der Waals surface area contributed by atoms with E-state index in [1.54, 1.807) is 0 Å². The normalized spacial score (nSPS) is 15.2. The van der Waals surface area contributed by atoms with Crippen LogP contribution >= 0.6 is 11.6 Å². The highest BCUT2D eigenvalue weighted by atomic mass is 35.5. The summed E-state index contributed by atoms with van der Waals surface area (Å²) < 4.78 is 7.77. The van der Waals surface area contributed by atoms with Crippen molar-refractivity contribution in [2.45, 2.75) is 59.6 Å².